The minimum absolute atomic E-state index is 0.0631. The lowest BCUT2D eigenvalue weighted by Crippen LogP contribution is -2.37. The van der Waals surface area contributed by atoms with Gasteiger partial charge in [-0.1, -0.05) is 42.5 Å². The molecule has 1 saturated carbocycles. The lowest BCUT2D eigenvalue weighted by atomic mass is 9.92. The summed E-state index contributed by atoms with van der Waals surface area (Å²) in [7, 11) is 0. The summed E-state index contributed by atoms with van der Waals surface area (Å²) in [5, 5.41) is 12.5. The first-order chi connectivity index (χ1) is 9.28. The molecule has 1 aromatic rings. The Labute approximate surface area is 113 Å². The molecule has 0 aromatic heterocycles. The number of amides is 1. The van der Waals surface area contributed by atoms with Crippen LogP contribution in [0, 0.1) is 17.8 Å². The van der Waals surface area contributed by atoms with Gasteiger partial charge in [-0.2, -0.15) is 0 Å². The van der Waals surface area contributed by atoms with Gasteiger partial charge in [0.25, 0.3) is 0 Å². The van der Waals surface area contributed by atoms with Crippen LogP contribution in [0.25, 0.3) is 0 Å². The van der Waals surface area contributed by atoms with Crippen LogP contribution >= 0.6 is 0 Å². The molecule has 3 heteroatoms. The van der Waals surface area contributed by atoms with Gasteiger partial charge in [0.2, 0.25) is 5.91 Å². The third-order valence-corrected chi connectivity index (χ3v) is 4.32. The topological polar surface area (TPSA) is 49.3 Å². The molecule has 0 saturated heterocycles. The van der Waals surface area contributed by atoms with Crippen LogP contribution in [0.15, 0.2) is 42.5 Å². The number of nitrogens with one attached hydrogen (secondary N) is 1. The Morgan fingerprint density at radius 1 is 1.26 bits per heavy atom. The molecule has 19 heavy (non-hydrogen) atoms. The Morgan fingerprint density at radius 2 is 2.05 bits per heavy atom. The zero-order valence-electron chi connectivity index (χ0n) is 10.8. The Morgan fingerprint density at radius 3 is 2.63 bits per heavy atom. The van der Waals surface area contributed by atoms with Crippen molar-refractivity contribution in [3.8, 4) is 0 Å². The summed E-state index contributed by atoms with van der Waals surface area (Å²) in [5.74, 6) is 1.16. The summed E-state index contributed by atoms with van der Waals surface area (Å²) in [5.41, 5.74) is 0.956. The molecule has 1 aromatic carbocycles. The molecule has 0 aliphatic heterocycles. The molecule has 0 spiro atoms. The van der Waals surface area contributed by atoms with Gasteiger partial charge in [-0.05, 0) is 30.2 Å². The largest absolute Gasteiger partial charge is 0.394 e. The molecule has 4 atom stereocenters. The third-order valence-electron chi connectivity index (χ3n) is 4.32. The van der Waals surface area contributed by atoms with Gasteiger partial charge >= 0.3 is 0 Å². The van der Waals surface area contributed by atoms with Crippen LogP contribution < -0.4 is 5.32 Å². The first-order valence-corrected chi connectivity index (χ1v) is 6.92. The van der Waals surface area contributed by atoms with Crippen molar-refractivity contribution in [2.75, 3.05) is 6.61 Å². The molecular weight excluding hydrogens is 238 g/mol. The van der Waals surface area contributed by atoms with Gasteiger partial charge in [0.05, 0.1) is 12.6 Å². The molecule has 2 aliphatic rings. The molecule has 3 rings (SSSR count). The van der Waals surface area contributed by atoms with Crippen LogP contribution in [0.2, 0.25) is 0 Å². The summed E-state index contributed by atoms with van der Waals surface area (Å²) in [4.78, 5) is 12.3. The van der Waals surface area contributed by atoms with Crippen molar-refractivity contribution in [2.45, 2.75) is 18.9 Å². The van der Waals surface area contributed by atoms with Gasteiger partial charge in [0.15, 0.2) is 0 Å². The van der Waals surface area contributed by atoms with E-state index in [4.69, 9.17) is 0 Å². The van der Waals surface area contributed by atoms with E-state index in [2.05, 4.69) is 17.5 Å². The van der Waals surface area contributed by atoms with Gasteiger partial charge in [-0.3, -0.25) is 4.79 Å². The smallest absolute Gasteiger partial charge is 0.224 e. The van der Waals surface area contributed by atoms with E-state index < -0.39 is 0 Å². The average Bonchev–Trinajstić information content (AvgIpc) is 3.08. The van der Waals surface area contributed by atoms with Crippen molar-refractivity contribution < 1.29 is 9.90 Å². The maximum absolute atomic E-state index is 12.3. The van der Waals surface area contributed by atoms with E-state index in [9.17, 15) is 9.90 Å². The highest BCUT2D eigenvalue weighted by Gasteiger charge is 2.40. The Hall–Kier alpha value is -1.61. The summed E-state index contributed by atoms with van der Waals surface area (Å²) >= 11 is 0. The number of fused-ring (bicyclic) bond motifs is 2. The summed E-state index contributed by atoms with van der Waals surface area (Å²) < 4.78 is 0. The zero-order valence-corrected chi connectivity index (χ0v) is 10.8. The SMILES string of the molecule is O=C(N[C@@H](CO)c1ccccc1)C1CC2C=CC1C2. The van der Waals surface area contributed by atoms with Crippen molar-refractivity contribution in [2.24, 2.45) is 17.8 Å². The van der Waals surface area contributed by atoms with E-state index in [1.54, 1.807) is 0 Å². The molecule has 100 valence electrons. The fraction of sp³-hybridized carbons (Fsp3) is 0.438. The highest BCUT2D eigenvalue weighted by molar-refractivity contribution is 5.80. The summed E-state index contributed by atoms with van der Waals surface area (Å²) in [6, 6.07) is 9.34. The maximum Gasteiger partial charge on any atom is 0.224 e. The second kappa shape index (κ2) is 5.17. The van der Waals surface area contributed by atoms with Crippen LogP contribution in [-0.4, -0.2) is 17.6 Å². The van der Waals surface area contributed by atoms with E-state index in [0.29, 0.717) is 11.8 Å². The van der Waals surface area contributed by atoms with Crippen molar-refractivity contribution >= 4 is 5.91 Å². The highest BCUT2D eigenvalue weighted by Crippen LogP contribution is 2.43. The molecule has 0 heterocycles. The van der Waals surface area contributed by atoms with Crippen molar-refractivity contribution in [1.29, 1.82) is 0 Å². The van der Waals surface area contributed by atoms with Crippen LogP contribution in [0.3, 0.4) is 0 Å². The standard InChI is InChI=1S/C16H19NO2/c18-10-15(12-4-2-1-3-5-12)17-16(19)14-9-11-6-7-13(14)8-11/h1-7,11,13-15,18H,8-10H2,(H,17,19)/t11?,13?,14?,15-/m0/s1. The van der Waals surface area contributed by atoms with Crippen LogP contribution in [-0.2, 0) is 4.79 Å². The van der Waals surface area contributed by atoms with E-state index >= 15 is 0 Å². The Kier molecular flexibility index (Phi) is 3.38. The lowest BCUT2D eigenvalue weighted by Gasteiger charge is -2.22. The molecule has 3 nitrogen and oxygen atoms in total. The molecule has 1 amide bonds. The van der Waals surface area contributed by atoms with Crippen LogP contribution in [0.5, 0.6) is 0 Å². The monoisotopic (exact) mass is 257 g/mol. The van der Waals surface area contributed by atoms with Crippen molar-refractivity contribution in [3.05, 3.63) is 48.0 Å². The van der Waals surface area contributed by atoms with E-state index in [1.165, 1.54) is 0 Å². The number of hydrogen-bond donors (Lipinski definition) is 2. The number of allylic oxidation sites excluding steroid dienone is 2. The fourth-order valence-corrected chi connectivity index (χ4v) is 3.28. The number of hydrogen-bond acceptors (Lipinski definition) is 2. The second-order valence-corrected chi connectivity index (χ2v) is 5.54. The van der Waals surface area contributed by atoms with E-state index in [-0.39, 0.29) is 24.5 Å². The quantitative estimate of drug-likeness (QED) is 0.811. The number of aliphatic hydroxyl groups excluding tert-OH is 1. The average molecular weight is 257 g/mol. The molecule has 2 aliphatic carbocycles. The van der Waals surface area contributed by atoms with Crippen molar-refractivity contribution in [3.63, 3.8) is 0 Å². The normalized spacial score (nSPS) is 29.4. The zero-order chi connectivity index (χ0) is 13.2. The van der Waals surface area contributed by atoms with E-state index in [0.717, 1.165) is 18.4 Å². The molecule has 0 radical (unpaired) electrons. The first-order valence-electron chi connectivity index (χ1n) is 6.92. The molecule has 2 bridgehead atoms. The number of carbonyl (C=O) groups excluding carboxylic acids is 1. The maximum atomic E-state index is 12.3. The van der Waals surface area contributed by atoms with E-state index in [1.807, 2.05) is 30.3 Å². The third kappa shape index (κ3) is 2.43. The lowest BCUT2D eigenvalue weighted by molar-refractivity contribution is -0.126. The van der Waals surface area contributed by atoms with Gasteiger partial charge < -0.3 is 10.4 Å². The number of benzene rings is 1. The second-order valence-electron chi connectivity index (χ2n) is 5.54. The van der Waals surface area contributed by atoms with Crippen molar-refractivity contribution in [1.82, 2.24) is 5.32 Å². The molecular formula is C16H19NO2. The number of aliphatic hydroxyl groups is 1. The Balaban J connectivity index is 1.67. The summed E-state index contributed by atoms with van der Waals surface area (Å²) in [6.07, 6.45) is 6.48. The molecule has 2 N–H and O–H groups in total. The number of rotatable bonds is 4. The number of carbonyl (C=O) groups is 1. The van der Waals surface area contributed by atoms with Gasteiger partial charge in [0, 0.05) is 5.92 Å². The first kappa shape index (κ1) is 12.4. The predicted molar refractivity (Wildman–Crippen MR) is 73.3 cm³/mol. The Bertz CT molecular complexity index is 483. The molecule has 1 fully saturated rings. The summed E-state index contributed by atoms with van der Waals surface area (Å²) in [6.45, 7) is -0.0631. The van der Waals surface area contributed by atoms with Gasteiger partial charge in [-0.25, -0.2) is 0 Å². The highest BCUT2D eigenvalue weighted by atomic mass is 16.3. The van der Waals surface area contributed by atoms with Gasteiger partial charge in [-0.15, -0.1) is 0 Å². The predicted octanol–water partition coefficient (Wildman–Crippen LogP) is 2.05. The fourth-order valence-electron chi connectivity index (χ4n) is 3.28. The minimum Gasteiger partial charge on any atom is -0.394 e. The van der Waals surface area contributed by atoms with Gasteiger partial charge in [0.1, 0.15) is 0 Å². The van der Waals surface area contributed by atoms with Crippen LogP contribution in [0.1, 0.15) is 24.4 Å². The van der Waals surface area contributed by atoms with Crippen LogP contribution in [0.4, 0.5) is 0 Å². The minimum atomic E-state index is -0.295. The molecule has 3 unspecified atom stereocenters.